The lowest BCUT2D eigenvalue weighted by molar-refractivity contribution is 0.0792. The Balaban J connectivity index is 1.79. The Morgan fingerprint density at radius 3 is 2.64 bits per heavy atom. The molecule has 1 aliphatic heterocycles. The molecule has 1 fully saturated rings. The fourth-order valence-electron chi connectivity index (χ4n) is 3.08. The average molecular weight is 341 g/mol. The molecule has 25 heavy (non-hydrogen) atoms. The van der Waals surface area contributed by atoms with E-state index in [-0.39, 0.29) is 17.7 Å². The van der Waals surface area contributed by atoms with Crippen LogP contribution in [0.25, 0.3) is 0 Å². The van der Waals surface area contributed by atoms with E-state index in [2.05, 4.69) is 10.5 Å². The summed E-state index contributed by atoms with van der Waals surface area (Å²) in [5.74, 6) is 0.371. The first kappa shape index (κ1) is 17.2. The van der Waals surface area contributed by atoms with Gasteiger partial charge in [0.1, 0.15) is 5.56 Å². The van der Waals surface area contributed by atoms with Gasteiger partial charge in [-0.2, -0.15) is 0 Å². The van der Waals surface area contributed by atoms with E-state index in [1.807, 2.05) is 18.7 Å². The van der Waals surface area contributed by atoms with Gasteiger partial charge in [-0.05, 0) is 38.0 Å². The number of nitrogens with zero attached hydrogens (tertiary/aromatic N) is 2. The van der Waals surface area contributed by atoms with Crippen LogP contribution >= 0.6 is 0 Å². The second-order valence-corrected chi connectivity index (χ2v) is 6.70. The number of benzene rings is 1. The van der Waals surface area contributed by atoms with E-state index in [1.165, 1.54) is 0 Å². The Kier molecular flexibility index (Phi) is 4.88. The van der Waals surface area contributed by atoms with Gasteiger partial charge < -0.3 is 14.7 Å². The topological polar surface area (TPSA) is 75.4 Å². The molecule has 0 radical (unpaired) electrons. The summed E-state index contributed by atoms with van der Waals surface area (Å²) in [5, 5.41) is 6.76. The van der Waals surface area contributed by atoms with Crippen LogP contribution in [-0.2, 0) is 0 Å². The monoisotopic (exact) mass is 341 g/mol. The number of likely N-dealkylation sites (tertiary alicyclic amines) is 1. The van der Waals surface area contributed by atoms with Crippen molar-refractivity contribution < 1.29 is 14.1 Å². The van der Waals surface area contributed by atoms with Crippen LogP contribution < -0.4 is 5.32 Å². The molecule has 0 spiro atoms. The molecule has 132 valence electrons. The van der Waals surface area contributed by atoms with Crippen LogP contribution in [-0.4, -0.2) is 35.0 Å². The molecule has 0 atom stereocenters. The van der Waals surface area contributed by atoms with Crippen molar-refractivity contribution in [1.82, 2.24) is 10.1 Å². The van der Waals surface area contributed by atoms with E-state index in [0.717, 1.165) is 25.9 Å². The molecule has 0 saturated carbocycles. The maximum absolute atomic E-state index is 12.7. The van der Waals surface area contributed by atoms with E-state index in [4.69, 9.17) is 4.52 Å². The molecule has 1 N–H and O–H groups in total. The van der Waals surface area contributed by atoms with Gasteiger partial charge in [-0.25, -0.2) is 0 Å². The Morgan fingerprint density at radius 2 is 1.96 bits per heavy atom. The summed E-state index contributed by atoms with van der Waals surface area (Å²) in [6, 6.07) is 7.05. The Morgan fingerprint density at radius 1 is 1.24 bits per heavy atom. The Hall–Kier alpha value is -2.63. The van der Waals surface area contributed by atoms with Crippen LogP contribution in [0.5, 0.6) is 0 Å². The lowest BCUT2D eigenvalue weighted by atomic mass is 10.0. The third-order valence-corrected chi connectivity index (χ3v) is 4.40. The Labute approximate surface area is 147 Å². The van der Waals surface area contributed by atoms with Crippen LogP contribution in [0.4, 0.5) is 5.69 Å². The maximum Gasteiger partial charge on any atom is 0.261 e. The smallest absolute Gasteiger partial charge is 0.261 e. The summed E-state index contributed by atoms with van der Waals surface area (Å²) >= 11 is 0. The van der Waals surface area contributed by atoms with E-state index in [1.54, 1.807) is 31.2 Å². The minimum Gasteiger partial charge on any atom is -0.360 e. The molecule has 1 saturated heterocycles. The van der Waals surface area contributed by atoms with Gasteiger partial charge in [-0.3, -0.25) is 9.59 Å². The highest BCUT2D eigenvalue weighted by Crippen LogP contribution is 2.24. The second-order valence-electron chi connectivity index (χ2n) is 6.70. The largest absolute Gasteiger partial charge is 0.360 e. The molecule has 2 aromatic rings. The fraction of sp³-hybridized carbons (Fsp3) is 0.421. The molecule has 0 unspecified atom stereocenters. The Bertz CT molecular complexity index is 789. The summed E-state index contributed by atoms with van der Waals surface area (Å²) in [6.07, 6.45) is 2.10. The highest BCUT2D eigenvalue weighted by Gasteiger charge is 2.23. The number of carbonyl (C=O) groups excluding carboxylic acids is 2. The zero-order chi connectivity index (χ0) is 18.0. The van der Waals surface area contributed by atoms with Gasteiger partial charge >= 0.3 is 0 Å². The number of carbonyl (C=O) groups is 2. The first-order valence-corrected chi connectivity index (χ1v) is 8.64. The molecule has 6 nitrogen and oxygen atoms in total. The van der Waals surface area contributed by atoms with Crippen LogP contribution in [0.1, 0.15) is 64.8 Å². The van der Waals surface area contributed by atoms with Crippen LogP contribution in [0.3, 0.4) is 0 Å². The minimum absolute atomic E-state index is 0.0117. The van der Waals surface area contributed by atoms with Gasteiger partial charge in [-0.15, -0.1) is 0 Å². The van der Waals surface area contributed by atoms with E-state index < -0.39 is 0 Å². The highest BCUT2D eigenvalue weighted by molar-refractivity contribution is 6.06. The SMILES string of the molecule is Cc1noc(C(C)C)c1C(=O)Nc1cccc(C(=O)N2CCCC2)c1. The predicted molar refractivity (Wildman–Crippen MR) is 94.9 cm³/mol. The molecule has 0 bridgehead atoms. The third kappa shape index (κ3) is 3.57. The van der Waals surface area contributed by atoms with Crippen LogP contribution in [0.15, 0.2) is 28.8 Å². The summed E-state index contributed by atoms with van der Waals surface area (Å²) < 4.78 is 5.27. The molecular formula is C19H23N3O3. The van der Waals surface area contributed by atoms with Gasteiger partial charge in [-0.1, -0.05) is 25.1 Å². The lowest BCUT2D eigenvalue weighted by Gasteiger charge is -2.16. The van der Waals surface area contributed by atoms with E-state index in [0.29, 0.717) is 28.3 Å². The normalized spacial score (nSPS) is 14.2. The molecule has 2 amide bonds. The molecule has 0 aliphatic carbocycles. The summed E-state index contributed by atoms with van der Waals surface area (Å²) in [7, 11) is 0. The summed E-state index contributed by atoms with van der Waals surface area (Å²) in [5.41, 5.74) is 2.20. The van der Waals surface area contributed by atoms with Gasteiger partial charge in [0.05, 0.1) is 5.69 Å². The van der Waals surface area contributed by atoms with Crippen molar-refractivity contribution in [1.29, 1.82) is 0 Å². The molecule has 1 aromatic heterocycles. The number of hydrogen-bond donors (Lipinski definition) is 1. The molecule has 1 aromatic carbocycles. The number of anilines is 1. The number of hydrogen-bond acceptors (Lipinski definition) is 4. The number of aromatic nitrogens is 1. The zero-order valence-electron chi connectivity index (χ0n) is 14.8. The van der Waals surface area contributed by atoms with Crippen molar-refractivity contribution in [3.63, 3.8) is 0 Å². The van der Waals surface area contributed by atoms with Crippen molar-refractivity contribution in [2.24, 2.45) is 0 Å². The third-order valence-electron chi connectivity index (χ3n) is 4.40. The number of amides is 2. The van der Waals surface area contributed by atoms with Gasteiger partial charge in [0.2, 0.25) is 0 Å². The van der Waals surface area contributed by atoms with Crippen molar-refractivity contribution in [3.05, 3.63) is 46.8 Å². The molecule has 6 heteroatoms. The fourth-order valence-corrected chi connectivity index (χ4v) is 3.08. The van der Waals surface area contributed by atoms with Crippen molar-refractivity contribution in [3.8, 4) is 0 Å². The average Bonchev–Trinajstić information content (AvgIpc) is 3.23. The van der Waals surface area contributed by atoms with Gasteiger partial charge in [0.15, 0.2) is 5.76 Å². The van der Waals surface area contributed by atoms with Crippen molar-refractivity contribution >= 4 is 17.5 Å². The van der Waals surface area contributed by atoms with Crippen LogP contribution in [0.2, 0.25) is 0 Å². The quantitative estimate of drug-likeness (QED) is 0.922. The second kappa shape index (κ2) is 7.09. The molecular weight excluding hydrogens is 318 g/mol. The zero-order valence-corrected chi connectivity index (χ0v) is 14.8. The van der Waals surface area contributed by atoms with Crippen molar-refractivity contribution in [2.75, 3.05) is 18.4 Å². The first-order chi connectivity index (χ1) is 12.0. The van der Waals surface area contributed by atoms with Gasteiger partial charge in [0, 0.05) is 30.3 Å². The summed E-state index contributed by atoms with van der Waals surface area (Å²) in [4.78, 5) is 27.0. The minimum atomic E-state index is -0.270. The van der Waals surface area contributed by atoms with E-state index in [9.17, 15) is 9.59 Å². The van der Waals surface area contributed by atoms with Crippen LogP contribution in [0, 0.1) is 6.92 Å². The predicted octanol–water partition coefficient (Wildman–Crippen LogP) is 3.59. The maximum atomic E-state index is 12.7. The van der Waals surface area contributed by atoms with Crippen molar-refractivity contribution in [2.45, 2.75) is 39.5 Å². The first-order valence-electron chi connectivity index (χ1n) is 8.64. The number of nitrogens with one attached hydrogen (secondary N) is 1. The lowest BCUT2D eigenvalue weighted by Crippen LogP contribution is -2.27. The van der Waals surface area contributed by atoms with Gasteiger partial charge in [0.25, 0.3) is 11.8 Å². The molecule has 3 rings (SSSR count). The number of rotatable bonds is 4. The molecule has 2 heterocycles. The van der Waals surface area contributed by atoms with E-state index >= 15 is 0 Å². The highest BCUT2D eigenvalue weighted by atomic mass is 16.5. The molecule has 1 aliphatic rings. The summed E-state index contributed by atoms with van der Waals surface area (Å²) in [6.45, 7) is 7.25. The standard InChI is InChI=1S/C19H23N3O3/c1-12(2)17-16(13(3)21-25-17)18(23)20-15-8-6-7-14(11-15)19(24)22-9-4-5-10-22/h6-8,11-12H,4-5,9-10H2,1-3H3,(H,20,23). The number of aryl methyl sites for hydroxylation is 1.